The summed E-state index contributed by atoms with van der Waals surface area (Å²) in [5.41, 5.74) is 1.98. The Morgan fingerprint density at radius 1 is 1.25 bits per heavy atom. The lowest BCUT2D eigenvalue weighted by Gasteiger charge is -2.27. The number of hydrogen-bond donors (Lipinski definition) is 2. The van der Waals surface area contributed by atoms with Crippen molar-refractivity contribution < 1.29 is 8.78 Å². The fraction of sp³-hybridized carbons (Fsp3) is 0.450. The zero-order valence-corrected chi connectivity index (χ0v) is 16.0. The largest absolute Gasteiger partial charge is 0.349 e. The number of hydrogen-bond acceptors (Lipinski definition) is 5. The molecule has 3 aromatic heterocycles. The molecule has 1 saturated heterocycles. The fourth-order valence-corrected chi connectivity index (χ4v) is 3.71. The Bertz CT molecular complexity index is 955. The average Bonchev–Trinajstić information content (AvgIpc) is 3.03. The molecule has 0 aliphatic carbocycles. The summed E-state index contributed by atoms with van der Waals surface area (Å²) in [5, 5.41) is 11.1. The van der Waals surface area contributed by atoms with Gasteiger partial charge in [0.25, 0.3) is 5.92 Å². The number of nitrogens with one attached hydrogen (secondary N) is 2. The third-order valence-electron chi connectivity index (χ3n) is 4.91. The van der Waals surface area contributed by atoms with E-state index in [0.717, 1.165) is 11.8 Å². The summed E-state index contributed by atoms with van der Waals surface area (Å²) in [5.74, 6) is -1.85. The lowest BCUT2D eigenvalue weighted by atomic mass is 10.0. The van der Waals surface area contributed by atoms with E-state index in [9.17, 15) is 8.78 Å². The van der Waals surface area contributed by atoms with Crippen molar-refractivity contribution in [3.8, 4) is 11.4 Å². The van der Waals surface area contributed by atoms with Crippen LogP contribution in [-0.4, -0.2) is 51.8 Å². The van der Waals surface area contributed by atoms with Crippen molar-refractivity contribution >= 4 is 16.9 Å². The van der Waals surface area contributed by atoms with Gasteiger partial charge >= 0.3 is 0 Å². The number of alkyl halides is 2. The first-order chi connectivity index (χ1) is 13.4. The maximum absolute atomic E-state index is 14.3. The van der Waals surface area contributed by atoms with Gasteiger partial charge in [-0.05, 0) is 36.6 Å². The molecule has 6 nitrogen and oxygen atoms in total. The van der Waals surface area contributed by atoms with E-state index in [1.165, 1.54) is 0 Å². The summed E-state index contributed by atoms with van der Waals surface area (Å²) in [6.07, 6.45) is 2.53. The van der Waals surface area contributed by atoms with E-state index in [2.05, 4.69) is 39.3 Å². The highest BCUT2D eigenvalue weighted by molar-refractivity contribution is 5.89. The van der Waals surface area contributed by atoms with Crippen molar-refractivity contribution in [2.24, 2.45) is 5.92 Å². The molecule has 1 fully saturated rings. The molecule has 4 heterocycles. The molecular formula is C20H24F2N6. The van der Waals surface area contributed by atoms with Gasteiger partial charge in [0.05, 0.1) is 18.8 Å². The zero-order valence-electron chi connectivity index (χ0n) is 16.0. The summed E-state index contributed by atoms with van der Waals surface area (Å²) in [6, 6.07) is 9.20. The van der Waals surface area contributed by atoms with Gasteiger partial charge in [-0.15, -0.1) is 0 Å². The van der Waals surface area contributed by atoms with Crippen LogP contribution in [0, 0.1) is 5.92 Å². The lowest BCUT2D eigenvalue weighted by Crippen LogP contribution is -2.38. The molecule has 2 N–H and O–H groups in total. The molecule has 1 atom stereocenters. The highest BCUT2D eigenvalue weighted by atomic mass is 19.3. The topological polar surface area (TPSA) is 69.7 Å². The van der Waals surface area contributed by atoms with E-state index in [1.54, 1.807) is 17.2 Å². The highest BCUT2D eigenvalue weighted by Crippen LogP contribution is 2.28. The van der Waals surface area contributed by atoms with Crippen molar-refractivity contribution in [3.05, 3.63) is 36.5 Å². The van der Waals surface area contributed by atoms with Crippen LogP contribution in [0.4, 0.5) is 14.6 Å². The van der Waals surface area contributed by atoms with Gasteiger partial charge in [0, 0.05) is 24.2 Å². The Morgan fingerprint density at radius 2 is 2.11 bits per heavy atom. The number of nitrogens with zero attached hydrogens (tertiary/aromatic N) is 4. The predicted octanol–water partition coefficient (Wildman–Crippen LogP) is 3.48. The maximum atomic E-state index is 14.3. The molecule has 3 aromatic rings. The van der Waals surface area contributed by atoms with Crippen molar-refractivity contribution in [1.82, 2.24) is 25.5 Å². The minimum Gasteiger partial charge on any atom is -0.349 e. The number of rotatable bonds is 4. The van der Waals surface area contributed by atoms with Gasteiger partial charge in [-0.3, -0.25) is 5.10 Å². The number of H-pyrrole nitrogens is 1. The summed E-state index contributed by atoms with van der Waals surface area (Å²) in [6.45, 7) is 4.03. The van der Waals surface area contributed by atoms with Crippen LogP contribution in [-0.2, 0) is 0 Å². The van der Waals surface area contributed by atoms with E-state index < -0.39 is 5.92 Å². The monoisotopic (exact) mass is 386 g/mol. The van der Waals surface area contributed by atoms with E-state index in [4.69, 9.17) is 0 Å². The summed E-state index contributed by atoms with van der Waals surface area (Å²) < 4.78 is 28.7. The maximum Gasteiger partial charge on any atom is 0.277 e. The number of halogens is 2. The van der Waals surface area contributed by atoms with Crippen molar-refractivity contribution in [3.63, 3.8) is 0 Å². The Morgan fingerprint density at radius 3 is 2.93 bits per heavy atom. The summed E-state index contributed by atoms with van der Waals surface area (Å²) in [7, 11) is 0. The standard InChI is InChI=1S/C20H24F2N6/c1-13(2)9-14-10-28(12-20(21,22)11-24-14)17-7-3-6-16(25-17)18-15-5-4-8-23-19(15)27-26-18/h3-8,13-14,24H,9-12H2,1-2H3,(H,23,26,27)/t14-/m0/s1. The smallest absolute Gasteiger partial charge is 0.277 e. The van der Waals surface area contributed by atoms with E-state index in [0.29, 0.717) is 35.3 Å². The zero-order chi connectivity index (χ0) is 19.7. The molecule has 0 spiro atoms. The molecule has 0 amide bonds. The van der Waals surface area contributed by atoms with Crippen LogP contribution in [0.5, 0.6) is 0 Å². The van der Waals surface area contributed by atoms with Crippen LogP contribution in [0.2, 0.25) is 0 Å². The predicted molar refractivity (Wildman–Crippen MR) is 106 cm³/mol. The van der Waals surface area contributed by atoms with Crippen LogP contribution in [0.25, 0.3) is 22.4 Å². The second-order valence-corrected chi connectivity index (χ2v) is 7.80. The summed E-state index contributed by atoms with van der Waals surface area (Å²) in [4.78, 5) is 10.6. The molecular weight excluding hydrogens is 362 g/mol. The molecule has 0 unspecified atom stereocenters. The second kappa shape index (κ2) is 7.43. The van der Waals surface area contributed by atoms with Gasteiger partial charge in [0.1, 0.15) is 11.5 Å². The number of fused-ring (bicyclic) bond motifs is 1. The molecule has 28 heavy (non-hydrogen) atoms. The van der Waals surface area contributed by atoms with Gasteiger partial charge in [-0.1, -0.05) is 19.9 Å². The molecule has 4 rings (SSSR count). The number of aromatic amines is 1. The quantitative estimate of drug-likeness (QED) is 0.718. The molecule has 0 bridgehead atoms. The Kier molecular flexibility index (Phi) is 4.97. The highest BCUT2D eigenvalue weighted by Gasteiger charge is 2.37. The van der Waals surface area contributed by atoms with Gasteiger partial charge in [-0.2, -0.15) is 5.10 Å². The minimum absolute atomic E-state index is 0.00533. The molecule has 0 saturated carbocycles. The third-order valence-corrected chi connectivity index (χ3v) is 4.91. The van der Waals surface area contributed by atoms with Crippen molar-refractivity contribution in [2.75, 3.05) is 24.5 Å². The first kappa shape index (κ1) is 18.7. The number of anilines is 1. The molecule has 148 valence electrons. The molecule has 1 aliphatic heterocycles. The van der Waals surface area contributed by atoms with Crippen LogP contribution >= 0.6 is 0 Å². The Hall–Kier alpha value is -2.61. The lowest BCUT2D eigenvalue weighted by molar-refractivity contribution is 0.0141. The summed E-state index contributed by atoms with van der Waals surface area (Å²) >= 11 is 0. The average molecular weight is 386 g/mol. The van der Waals surface area contributed by atoms with Crippen molar-refractivity contribution in [1.29, 1.82) is 0 Å². The number of pyridine rings is 2. The fourth-order valence-electron chi connectivity index (χ4n) is 3.71. The van der Waals surface area contributed by atoms with Gasteiger partial charge < -0.3 is 10.2 Å². The van der Waals surface area contributed by atoms with Crippen LogP contribution < -0.4 is 10.2 Å². The van der Waals surface area contributed by atoms with E-state index >= 15 is 0 Å². The Balaban J connectivity index is 1.67. The van der Waals surface area contributed by atoms with Crippen molar-refractivity contribution in [2.45, 2.75) is 32.2 Å². The van der Waals surface area contributed by atoms with Gasteiger partial charge in [0.15, 0.2) is 5.65 Å². The van der Waals surface area contributed by atoms with Crippen LogP contribution in [0.15, 0.2) is 36.5 Å². The van der Waals surface area contributed by atoms with Gasteiger partial charge in [0.2, 0.25) is 0 Å². The second-order valence-electron chi connectivity index (χ2n) is 7.80. The van der Waals surface area contributed by atoms with E-state index in [1.807, 2.05) is 24.3 Å². The van der Waals surface area contributed by atoms with Crippen LogP contribution in [0.3, 0.4) is 0 Å². The Labute approximate surface area is 162 Å². The third kappa shape index (κ3) is 3.96. The molecule has 1 aliphatic rings. The van der Waals surface area contributed by atoms with Crippen LogP contribution in [0.1, 0.15) is 20.3 Å². The molecule has 0 radical (unpaired) electrons. The molecule has 8 heteroatoms. The SMILES string of the molecule is CC(C)C[C@H]1CN(c2cccc(-c3n[nH]c4ncccc34)n2)CC(F)(F)CN1. The first-order valence-electron chi connectivity index (χ1n) is 9.54. The minimum atomic E-state index is -2.81. The normalized spacial score (nSPS) is 19.9. The molecule has 0 aromatic carbocycles. The number of aromatic nitrogens is 4. The van der Waals surface area contributed by atoms with Gasteiger partial charge in [-0.25, -0.2) is 18.7 Å². The van der Waals surface area contributed by atoms with E-state index in [-0.39, 0.29) is 19.1 Å². The first-order valence-corrected chi connectivity index (χ1v) is 9.54.